The molecule has 0 fully saturated rings. The van der Waals surface area contributed by atoms with Gasteiger partial charge in [0.05, 0.1) is 12.7 Å². The van der Waals surface area contributed by atoms with Crippen LogP contribution in [0.5, 0.6) is 0 Å². The average Bonchev–Trinajstić information content (AvgIpc) is 2.98. The lowest BCUT2D eigenvalue weighted by molar-refractivity contribution is -0.161. The van der Waals surface area contributed by atoms with E-state index in [0.29, 0.717) is 19.3 Å². The molecule has 0 saturated carbocycles. The van der Waals surface area contributed by atoms with Crippen LogP contribution in [0.25, 0.3) is 0 Å². The Bertz CT molecular complexity index is 714. The van der Waals surface area contributed by atoms with Crippen molar-refractivity contribution in [2.45, 2.75) is 161 Å². The van der Waals surface area contributed by atoms with E-state index in [1.54, 1.807) is 6.08 Å². The fourth-order valence-corrected chi connectivity index (χ4v) is 4.54. The summed E-state index contributed by atoms with van der Waals surface area (Å²) >= 11 is 0. The van der Waals surface area contributed by atoms with Crippen LogP contribution in [0.1, 0.15) is 149 Å². The maximum absolute atomic E-state index is 12.1. The van der Waals surface area contributed by atoms with Crippen LogP contribution in [0.2, 0.25) is 0 Å². The zero-order chi connectivity index (χ0) is 31.1. The third-order valence-corrected chi connectivity index (χ3v) is 7.58. The largest absolute Gasteiger partial charge is 0.462 e. The van der Waals surface area contributed by atoms with E-state index in [9.17, 15) is 19.8 Å². The van der Waals surface area contributed by atoms with Gasteiger partial charge in [-0.05, 0) is 44.4 Å². The zero-order valence-electron chi connectivity index (χ0n) is 27.3. The molecule has 0 bridgehead atoms. The number of aliphatic hydroxyl groups excluding tert-OH is 2. The molecule has 244 valence electrons. The number of carbonyl (C=O) groups excluding carboxylic acids is 2. The number of ether oxygens (including phenoxy) is 2. The Hall–Kier alpha value is -1.92. The minimum atomic E-state index is -0.840. The molecule has 2 unspecified atom stereocenters. The van der Waals surface area contributed by atoms with E-state index in [1.807, 2.05) is 12.2 Å². The quantitative estimate of drug-likeness (QED) is 0.0390. The molecular formula is C36H64O6. The summed E-state index contributed by atoms with van der Waals surface area (Å²) in [6.07, 6.45) is 31.0. The molecule has 42 heavy (non-hydrogen) atoms. The molecule has 0 aliphatic rings. The summed E-state index contributed by atoms with van der Waals surface area (Å²) in [5.74, 6) is 0.0142. The summed E-state index contributed by atoms with van der Waals surface area (Å²) in [6, 6.07) is 0. The summed E-state index contributed by atoms with van der Waals surface area (Å²) in [5.41, 5.74) is 0. The Morgan fingerprint density at radius 2 is 1.40 bits per heavy atom. The average molecular weight is 593 g/mol. The van der Waals surface area contributed by atoms with Crippen LogP contribution < -0.4 is 0 Å². The predicted molar refractivity (Wildman–Crippen MR) is 174 cm³/mol. The Labute approximate surface area is 258 Å². The highest BCUT2D eigenvalue weighted by Gasteiger charge is 2.16. The second-order valence-electron chi connectivity index (χ2n) is 11.7. The van der Waals surface area contributed by atoms with E-state index in [0.717, 1.165) is 38.0 Å². The molecule has 0 aliphatic carbocycles. The summed E-state index contributed by atoms with van der Waals surface area (Å²) in [7, 11) is 0. The van der Waals surface area contributed by atoms with Gasteiger partial charge in [0.25, 0.3) is 0 Å². The van der Waals surface area contributed by atoms with Gasteiger partial charge >= 0.3 is 11.9 Å². The minimum Gasteiger partial charge on any atom is -0.462 e. The highest BCUT2D eigenvalue weighted by atomic mass is 16.6. The molecule has 3 atom stereocenters. The summed E-state index contributed by atoms with van der Waals surface area (Å²) in [6.45, 7) is 6.23. The first kappa shape index (κ1) is 40.1. The van der Waals surface area contributed by atoms with Crippen LogP contribution in [0, 0.1) is 5.92 Å². The Balaban J connectivity index is 3.83. The third kappa shape index (κ3) is 28.2. The molecule has 6 nitrogen and oxygen atoms in total. The lowest BCUT2D eigenvalue weighted by atomic mass is 10.00. The van der Waals surface area contributed by atoms with Gasteiger partial charge in [0.1, 0.15) is 6.61 Å². The van der Waals surface area contributed by atoms with Crippen molar-refractivity contribution < 1.29 is 29.3 Å². The molecule has 0 aliphatic heterocycles. The fraction of sp³-hybridized carbons (Fsp3) is 0.778. The van der Waals surface area contributed by atoms with Crippen molar-refractivity contribution in [3.63, 3.8) is 0 Å². The molecule has 0 rings (SSSR count). The normalized spacial score (nSPS) is 14.1. The molecule has 0 radical (unpaired) electrons. The predicted octanol–water partition coefficient (Wildman–Crippen LogP) is 8.94. The lowest BCUT2D eigenvalue weighted by Gasteiger charge is -2.16. The van der Waals surface area contributed by atoms with Crippen molar-refractivity contribution >= 4 is 11.9 Å². The molecule has 0 aromatic heterocycles. The van der Waals surface area contributed by atoms with Gasteiger partial charge in [0, 0.05) is 12.8 Å². The Morgan fingerprint density at radius 3 is 2.12 bits per heavy atom. The molecule has 0 heterocycles. The first-order chi connectivity index (χ1) is 20.4. The van der Waals surface area contributed by atoms with Crippen LogP contribution in [-0.4, -0.2) is 47.6 Å². The van der Waals surface area contributed by atoms with Gasteiger partial charge in [0.2, 0.25) is 0 Å². The van der Waals surface area contributed by atoms with E-state index in [1.165, 1.54) is 70.6 Å². The number of hydrogen-bond acceptors (Lipinski definition) is 6. The molecule has 2 N–H and O–H groups in total. The maximum Gasteiger partial charge on any atom is 0.306 e. The zero-order valence-corrected chi connectivity index (χ0v) is 27.3. The fourth-order valence-electron chi connectivity index (χ4n) is 4.54. The van der Waals surface area contributed by atoms with Crippen LogP contribution >= 0.6 is 0 Å². The van der Waals surface area contributed by atoms with Crippen LogP contribution in [0.3, 0.4) is 0 Å². The number of carbonyl (C=O) groups is 2. The molecule has 0 spiro atoms. The summed E-state index contributed by atoms with van der Waals surface area (Å²) in [5, 5.41) is 19.6. The highest BCUT2D eigenvalue weighted by molar-refractivity contribution is 5.70. The number of esters is 2. The number of hydrogen-bond donors (Lipinski definition) is 2. The van der Waals surface area contributed by atoms with Crippen molar-refractivity contribution in [1.29, 1.82) is 0 Å². The lowest BCUT2D eigenvalue weighted by Crippen LogP contribution is -2.28. The van der Waals surface area contributed by atoms with Crippen molar-refractivity contribution in [3.05, 3.63) is 36.5 Å². The number of rotatable bonds is 29. The van der Waals surface area contributed by atoms with Gasteiger partial charge in [-0.2, -0.15) is 0 Å². The van der Waals surface area contributed by atoms with Crippen molar-refractivity contribution in [1.82, 2.24) is 0 Å². The van der Waals surface area contributed by atoms with E-state index in [-0.39, 0.29) is 25.6 Å². The monoisotopic (exact) mass is 592 g/mol. The van der Waals surface area contributed by atoms with Crippen molar-refractivity contribution in [3.8, 4) is 0 Å². The number of aliphatic hydroxyl groups is 2. The number of allylic oxidation sites excluding steroid dienone is 5. The molecule has 6 heteroatoms. The maximum atomic E-state index is 12.1. The first-order valence-electron chi connectivity index (χ1n) is 17.0. The molecule has 0 aromatic carbocycles. The summed E-state index contributed by atoms with van der Waals surface area (Å²) < 4.78 is 10.4. The van der Waals surface area contributed by atoms with Crippen molar-refractivity contribution in [2.75, 3.05) is 13.2 Å². The smallest absolute Gasteiger partial charge is 0.306 e. The van der Waals surface area contributed by atoms with Crippen molar-refractivity contribution in [2.24, 2.45) is 5.92 Å². The van der Waals surface area contributed by atoms with Crippen LogP contribution in [-0.2, 0) is 19.1 Å². The second kappa shape index (κ2) is 30.5. The van der Waals surface area contributed by atoms with Gasteiger partial charge in [-0.25, -0.2) is 0 Å². The van der Waals surface area contributed by atoms with E-state index < -0.39 is 18.2 Å². The molecule has 0 saturated heterocycles. The van der Waals surface area contributed by atoms with Gasteiger partial charge in [-0.15, -0.1) is 0 Å². The van der Waals surface area contributed by atoms with Gasteiger partial charge in [0.15, 0.2) is 6.10 Å². The first-order valence-corrected chi connectivity index (χ1v) is 17.0. The molecule has 0 aromatic rings. The molecular weight excluding hydrogens is 528 g/mol. The standard InChI is InChI=1S/C36H64O6/c1-4-6-7-8-9-10-11-12-13-14-15-19-22-26-33(38)27-24-29-35(39)41-31-34(30-37)42-36(40)28-23-20-17-16-18-21-25-32(3)5-2/h12-13,15,19,22,26,32-34,37-38H,4-11,14,16-18,20-21,23-25,27-31H2,1-3H3/b13-12+,19-15+,26-22+/t32?,33?,34-/m0/s1. The van der Waals surface area contributed by atoms with E-state index in [2.05, 4.69) is 39.0 Å². The summed E-state index contributed by atoms with van der Waals surface area (Å²) in [4.78, 5) is 24.1. The van der Waals surface area contributed by atoms with Gasteiger partial charge in [-0.1, -0.05) is 134 Å². The Morgan fingerprint density at radius 1 is 0.738 bits per heavy atom. The second-order valence-corrected chi connectivity index (χ2v) is 11.7. The van der Waals surface area contributed by atoms with E-state index in [4.69, 9.17) is 9.47 Å². The molecule has 0 amide bonds. The Kier molecular flexibility index (Phi) is 29.1. The SMILES string of the molecule is CCCCCCCC/C=C/C/C=C/C=C/C(O)CCCC(=O)OC[C@H](CO)OC(=O)CCCCCCCCC(C)CC. The van der Waals surface area contributed by atoms with Gasteiger partial charge in [-0.3, -0.25) is 9.59 Å². The van der Waals surface area contributed by atoms with E-state index >= 15 is 0 Å². The highest BCUT2D eigenvalue weighted by Crippen LogP contribution is 2.15. The van der Waals surface area contributed by atoms with Crippen LogP contribution in [0.15, 0.2) is 36.5 Å². The third-order valence-electron chi connectivity index (χ3n) is 7.58. The minimum absolute atomic E-state index is 0.155. The number of unbranched alkanes of at least 4 members (excludes halogenated alkanes) is 11. The van der Waals surface area contributed by atoms with Gasteiger partial charge < -0.3 is 19.7 Å². The van der Waals surface area contributed by atoms with Crippen LogP contribution in [0.4, 0.5) is 0 Å². The topological polar surface area (TPSA) is 93.1 Å².